The molecule has 0 radical (unpaired) electrons. The van der Waals surface area contributed by atoms with Crippen molar-refractivity contribution in [1.29, 1.82) is 0 Å². The fourth-order valence-corrected chi connectivity index (χ4v) is 2.29. The van der Waals surface area contributed by atoms with Gasteiger partial charge in [-0.1, -0.05) is 26.8 Å². The predicted molar refractivity (Wildman–Crippen MR) is 107 cm³/mol. The van der Waals surface area contributed by atoms with Gasteiger partial charge in [-0.3, -0.25) is 9.59 Å². The first kappa shape index (κ1) is 21.0. The van der Waals surface area contributed by atoms with Crippen molar-refractivity contribution in [3.05, 3.63) is 53.6 Å². The van der Waals surface area contributed by atoms with Crippen LogP contribution in [0.25, 0.3) is 0 Å². The zero-order valence-corrected chi connectivity index (χ0v) is 16.6. The number of ether oxygens (including phenoxy) is 2. The van der Waals surface area contributed by atoms with E-state index in [1.165, 1.54) is 20.3 Å². The van der Waals surface area contributed by atoms with E-state index in [1.54, 1.807) is 57.2 Å². The molecule has 7 heteroatoms. The van der Waals surface area contributed by atoms with Crippen molar-refractivity contribution in [1.82, 2.24) is 0 Å². The summed E-state index contributed by atoms with van der Waals surface area (Å²) in [5.41, 5.74) is 0.750. The number of esters is 1. The molecule has 0 aliphatic carbocycles. The number of hydrogen-bond donors (Lipinski definition) is 2. The van der Waals surface area contributed by atoms with Gasteiger partial charge in [0.05, 0.1) is 25.5 Å². The molecule has 7 nitrogen and oxygen atoms in total. The molecule has 148 valence electrons. The summed E-state index contributed by atoms with van der Waals surface area (Å²) < 4.78 is 9.88. The van der Waals surface area contributed by atoms with Crippen molar-refractivity contribution < 1.29 is 23.9 Å². The lowest BCUT2D eigenvalue weighted by Crippen LogP contribution is -2.27. The van der Waals surface area contributed by atoms with E-state index in [4.69, 9.17) is 9.47 Å². The first-order chi connectivity index (χ1) is 13.2. The third-order valence-corrected chi connectivity index (χ3v) is 3.94. The number of anilines is 2. The number of nitrogens with one attached hydrogen (secondary N) is 2. The molecule has 2 amide bonds. The molecule has 0 aliphatic heterocycles. The number of hydrogen-bond acceptors (Lipinski definition) is 5. The maximum atomic E-state index is 12.7. The minimum atomic E-state index is -0.597. The Balaban J connectivity index is 2.25. The molecular weight excluding hydrogens is 360 g/mol. The molecule has 0 bridgehead atoms. The van der Waals surface area contributed by atoms with E-state index in [1.807, 2.05) is 0 Å². The number of carbonyl (C=O) groups excluding carboxylic acids is 3. The molecule has 0 aliphatic rings. The highest BCUT2D eigenvalue weighted by Gasteiger charge is 2.21. The third kappa shape index (κ3) is 5.09. The summed E-state index contributed by atoms with van der Waals surface area (Å²) in [5, 5.41) is 5.48. The van der Waals surface area contributed by atoms with E-state index in [-0.39, 0.29) is 11.5 Å². The average Bonchev–Trinajstić information content (AvgIpc) is 2.67. The van der Waals surface area contributed by atoms with Gasteiger partial charge in [0.15, 0.2) is 0 Å². The zero-order chi connectivity index (χ0) is 20.9. The fraction of sp³-hybridized carbons (Fsp3) is 0.286. The lowest BCUT2D eigenvalue weighted by atomic mass is 9.95. The number of benzene rings is 2. The Morgan fingerprint density at radius 1 is 0.929 bits per heavy atom. The van der Waals surface area contributed by atoms with Gasteiger partial charge in [-0.25, -0.2) is 4.79 Å². The Labute approximate surface area is 164 Å². The number of amides is 2. The molecule has 2 aromatic carbocycles. The van der Waals surface area contributed by atoms with Gasteiger partial charge in [-0.05, 0) is 36.4 Å². The van der Waals surface area contributed by atoms with Crippen LogP contribution in [0.1, 0.15) is 41.5 Å². The molecule has 0 spiro atoms. The number of rotatable bonds is 5. The largest absolute Gasteiger partial charge is 0.497 e. The number of carbonyl (C=O) groups is 3. The van der Waals surface area contributed by atoms with Gasteiger partial charge in [-0.15, -0.1) is 0 Å². The quantitative estimate of drug-likeness (QED) is 0.767. The van der Waals surface area contributed by atoms with Crippen molar-refractivity contribution >= 4 is 29.2 Å². The third-order valence-electron chi connectivity index (χ3n) is 3.94. The van der Waals surface area contributed by atoms with Crippen molar-refractivity contribution in [2.45, 2.75) is 20.8 Å². The van der Waals surface area contributed by atoms with Gasteiger partial charge in [-0.2, -0.15) is 0 Å². The highest BCUT2D eigenvalue weighted by Crippen LogP contribution is 2.24. The lowest BCUT2D eigenvalue weighted by Gasteiger charge is -2.18. The second-order valence-corrected chi connectivity index (χ2v) is 7.14. The van der Waals surface area contributed by atoms with Crippen LogP contribution in [0.4, 0.5) is 11.4 Å². The van der Waals surface area contributed by atoms with E-state index < -0.39 is 17.3 Å². The molecule has 0 unspecified atom stereocenters. The normalized spacial score (nSPS) is 10.8. The topological polar surface area (TPSA) is 93.7 Å². The molecule has 28 heavy (non-hydrogen) atoms. The van der Waals surface area contributed by atoms with Gasteiger partial charge in [0.25, 0.3) is 5.91 Å². The summed E-state index contributed by atoms with van der Waals surface area (Å²) in [7, 11) is 2.74. The van der Waals surface area contributed by atoms with Crippen molar-refractivity contribution in [2.24, 2.45) is 5.41 Å². The van der Waals surface area contributed by atoms with Gasteiger partial charge in [0.2, 0.25) is 5.91 Å². The Morgan fingerprint density at radius 3 is 2.25 bits per heavy atom. The Hall–Kier alpha value is -3.35. The van der Waals surface area contributed by atoms with Gasteiger partial charge >= 0.3 is 5.97 Å². The summed E-state index contributed by atoms with van der Waals surface area (Å²) in [6, 6.07) is 11.2. The average molecular weight is 384 g/mol. The summed E-state index contributed by atoms with van der Waals surface area (Å²) in [5.74, 6) is -0.721. The van der Waals surface area contributed by atoms with Gasteiger partial charge in [0.1, 0.15) is 5.75 Å². The van der Waals surface area contributed by atoms with Crippen LogP contribution >= 0.6 is 0 Å². The molecule has 2 aromatic rings. The van der Waals surface area contributed by atoms with Crippen LogP contribution < -0.4 is 15.4 Å². The fourth-order valence-electron chi connectivity index (χ4n) is 2.29. The highest BCUT2D eigenvalue weighted by molar-refractivity contribution is 6.09. The summed E-state index contributed by atoms with van der Waals surface area (Å²) >= 11 is 0. The first-order valence-electron chi connectivity index (χ1n) is 8.65. The molecular formula is C21H24N2O5. The van der Waals surface area contributed by atoms with E-state index in [2.05, 4.69) is 10.6 Å². The van der Waals surface area contributed by atoms with Crippen LogP contribution in [-0.4, -0.2) is 32.0 Å². The Bertz CT molecular complexity index is 900. The maximum Gasteiger partial charge on any atom is 0.340 e. The smallest absolute Gasteiger partial charge is 0.340 e. The van der Waals surface area contributed by atoms with Crippen LogP contribution in [0.3, 0.4) is 0 Å². The monoisotopic (exact) mass is 384 g/mol. The van der Waals surface area contributed by atoms with Crippen LogP contribution in [0.2, 0.25) is 0 Å². The SMILES string of the molecule is COC(=O)c1cc(OC)ccc1NC(=O)c1cccc(NC(=O)C(C)(C)C)c1. The standard InChI is InChI=1S/C21H24N2O5/c1-21(2,3)20(26)22-14-8-6-7-13(11-14)18(24)23-17-10-9-15(27-4)12-16(17)19(25)28-5/h6-12H,1-5H3,(H,22,26)(H,23,24). The van der Waals surface area contributed by atoms with Crippen LogP contribution in [0.15, 0.2) is 42.5 Å². The van der Waals surface area contributed by atoms with Gasteiger partial charge < -0.3 is 20.1 Å². The Kier molecular flexibility index (Phi) is 6.41. The zero-order valence-electron chi connectivity index (χ0n) is 16.6. The van der Waals surface area contributed by atoms with E-state index in [0.29, 0.717) is 22.7 Å². The van der Waals surface area contributed by atoms with Crippen LogP contribution in [-0.2, 0) is 9.53 Å². The molecule has 0 fully saturated rings. The minimum absolute atomic E-state index is 0.159. The molecule has 2 N–H and O–H groups in total. The molecule has 0 heterocycles. The highest BCUT2D eigenvalue weighted by atomic mass is 16.5. The van der Waals surface area contributed by atoms with Crippen LogP contribution in [0, 0.1) is 5.41 Å². The molecule has 2 rings (SSSR count). The second kappa shape index (κ2) is 8.56. The predicted octanol–water partition coefficient (Wildman–Crippen LogP) is 3.72. The molecule has 0 saturated heterocycles. The van der Waals surface area contributed by atoms with E-state index >= 15 is 0 Å². The lowest BCUT2D eigenvalue weighted by molar-refractivity contribution is -0.123. The Morgan fingerprint density at radius 2 is 1.64 bits per heavy atom. The van der Waals surface area contributed by atoms with Crippen molar-refractivity contribution in [2.75, 3.05) is 24.9 Å². The van der Waals surface area contributed by atoms with E-state index in [9.17, 15) is 14.4 Å². The molecule has 0 saturated carbocycles. The molecule has 0 atom stereocenters. The van der Waals surface area contributed by atoms with Crippen molar-refractivity contribution in [3.8, 4) is 5.75 Å². The second-order valence-electron chi connectivity index (χ2n) is 7.14. The summed E-state index contributed by atoms with van der Waals surface area (Å²) in [6.45, 7) is 5.41. The maximum absolute atomic E-state index is 12.7. The van der Waals surface area contributed by atoms with E-state index in [0.717, 1.165) is 0 Å². The minimum Gasteiger partial charge on any atom is -0.497 e. The van der Waals surface area contributed by atoms with Crippen LogP contribution in [0.5, 0.6) is 5.75 Å². The number of methoxy groups -OCH3 is 2. The molecule has 0 aromatic heterocycles. The summed E-state index contributed by atoms with van der Waals surface area (Å²) in [4.78, 5) is 36.8. The first-order valence-corrected chi connectivity index (χ1v) is 8.65. The summed E-state index contributed by atoms with van der Waals surface area (Å²) in [6.07, 6.45) is 0. The van der Waals surface area contributed by atoms with Gasteiger partial charge in [0, 0.05) is 16.7 Å². The van der Waals surface area contributed by atoms with Crippen molar-refractivity contribution in [3.63, 3.8) is 0 Å².